The van der Waals surface area contributed by atoms with Crippen molar-refractivity contribution in [1.29, 1.82) is 0 Å². The molecule has 7 nitrogen and oxygen atoms in total. The Hall–Kier alpha value is -1.34. The zero-order valence-corrected chi connectivity index (χ0v) is 12.1. The number of hydrogen-bond donors (Lipinski definition) is 3. The third-order valence-electron chi connectivity index (χ3n) is 4.41. The number of aliphatic hydroxyl groups excluding tert-OH is 2. The third-order valence-corrected chi connectivity index (χ3v) is 4.41. The van der Waals surface area contributed by atoms with Crippen LogP contribution in [0.25, 0.3) is 0 Å². The Kier molecular flexibility index (Phi) is 5.41. The SMILES string of the molecule is O=C(O)[C@H]1C[C@@H](O)CN1C(=O)N(CCO)C1CCCCC1. The van der Waals surface area contributed by atoms with Crippen LogP contribution >= 0.6 is 0 Å². The molecule has 2 rings (SSSR count). The molecule has 0 aromatic rings. The molecule has 2 aliphatic rings. The molecule has 0 unspecified atom stereocenters. The van der Waals surface area contributed by atoms with Crippen LogP contribution in [-0.4, -0.2) is 75.0 Å². The zero-order chi connectivity index (χ0) is 15.4. The number of aliphatic hydroxyl groups is 2. The zero-order valence-electron chi connectivity index (χ0n) is 12.1. The minimum atomic E-state index is -1.09. The fourth-order valence-electron chi connectivity index (χ4n) is 3.36. The van der Waals surface area contributed by atoms with Crippen LogP contribution in [0.5, 0.6) is 0 Å². The second kappa shape index (κ2) is 7.09. The monoisotopic (exact) mass is 300 g/mol. The van der Waals surface area contributed by atoms with Crippen molar-refractivity contribution >= 4 is 12.0 Å². The fraction of sp³-hybridized carbons (Fsp3) is 0.857. The number of carboxylic acids is 1. The molecule has 0 aromatic carbocycles. The first-order valence-electron chi connectivity index (χ1n) is 7.63. The highest BCUT2D eigenvalue weighted by molar-refractivity contribution is 5.83. The van der Waals surface area contributed by atoms with Gasteiger partial charge in [0.25, 0.3) is 0 Å². The number of aliphatic carboxylic acids is 1. The van der Waals surface area contributed by atoms with Crippen LogP contribution < -0.4 is 0 Å². The predicted molar refractivity (Wildman–Crippen MR) is 74.8 cm³/mol. The van der Waals surface area contributed by atoms with Crippen molar-refractivity contribution in [2.45, 2.75) is 56.7 Å². The van der Waals surface area contributed by atoms with Crippen molar-refractivity contribution in [3.05, 3.63) is 0 Å². The summed E-state index contributed by atoms with van der Waals surface area (Å²) in [5, 5.41) is 28.1. The number of hydrogen-bond acceptors (Lipinski definition) is 4. The van der Waals surface area contributed by atoms with Gasteiger partial charge in [-0.25, -0.2) is 9.59 Å². The van der Waals surface area contributed by atoms with Gasteiger partial charge in [0.05, 0.1) is 12.7 Å². The molecule has 1 heterocycles. The van der Waals surface area contributed by atoms with Gasteiger partial charge in [-0.2, -0.15) is 0 Å². The van der Waals surface area contributed by atoms with E-state index in [1.807, 2.05) is 0 Å². The summed E-state index contributed by atoms with van der Waals surface area (Å²) < 4.78 is 0. The highest BCUT2D eigenvalue weighted by Crippen LogP contribution is 2.26. The van der Waals surface area contributed by atoms with Gasteiger partial charge in [-0.05, 0) is 12.8 Å². The molecular weight excluding hydrogens is 276 g/mol. The maximum atomic E-state index is 12.7. The Morgan fingerprint density at radius 3 is 2.43 bits per heavy atom. The predicted octanol–water partition coefficient (Wildman–Crippen LogP) is 0.253. The first kappa shape index (κ1) is 16.0. The normalized spacial score (nSPS) is 26.9. The second-order valence-corrected chi connectivity index (χ2v) is 5.89. The molecule has 21 heavy (non-hydrogen) atoms. The van der Waals surface area contributed by atoms with E-state index in [9.17, 15) is 24.9 Å². The number of carbonyl (C=O) groups is 2. The van der Waals surface area contributed by atoms with Crippen LogP contribution in [0, 0.1) is 0 Å². The van der Waals surface area contributed by atoms with E-state index in [4.69, 9.17) is 0 Å². The minimum Gasteiger partial charge on any atom is -0.480 e. The van der Waals surface area contributed by atoms with Gasteiger partial charge in [0.1, 0.15) is 6.04 Å². The van der Waals surface area contributed by atoms with E-state index in [1.165, 1.54) is 4.90 Å². The summed E-state index contributed by atoms with van der Waals surface area (Å²) in [4.78, 5) is 26.7. The minimum absolute atomic E-state index is 0.0461. The van der Waals surface area contributed by atoms with E-state index in [0.717, 1.165) is 32.1 Å². The molecule has 2 amide bonds. The van der Waals surface area contributed by atoms with Gasteiger partial charge in [-0.15, -0.1) is 0 Å². The molecule has 1 aliphatic heterocycles. The lowest BCUT2D eigenvalue weighted by Crippen LogP contribution is -2.52. The van der Waals surface area contributed by atoms with Gasteiger partial charge in [-0.1, -0.05) is 19.3 Å². The summed E-state index contributed by atoms with van der Waals surface area (Å²) in [6.07, 6.45) is 4.30. The Bertz CT molecular complexity index is 384. The van der Waals surface area contributed by atoms with Gasteiger partial charge in [0.2, 0.25) is 0 Å². The van der Waals surface area contributed by atoms with Crippen molar-refractivity contribution in [3.8, 4) is 0 Å². The van der Waals surface area contributed by atoms with Crippen LogP contribution in [0.3, 0.4) is 0 Å². The first-order valence-corrected chi connectivity index (χ1v) is 7.63. The van der Waals surface area contributed by atoms with E-state index in [0.29, 0.717) is 0 Å². The number of carbonyl (C=O) groups excluding carboxylic acids is 1. The molecule has 1 aliphatic carbocycles. The summed E-state index contributed by atoms with van der Waals surface area (Å²) in [5.74, 6) is -1.09. The van der Waals surface area contributed by atoms with Crippen LogP contribution in [0.15, 0.2) is 0 Å². The maximum Gasteiger partial charge on any atom is 0.326 e. The number of β-amino-alcohol motifs (C(OH)–C–C–N with tert-alkyl or cyclic N) is 1. The molecule has 2 fully saturated rings. The quantitative estimate of drug-likeness (QED) is 0.691. The lowest BCUT2D eigenvalue weighted by molar-refractivity contribution is -0.141. The Balaban J connectivity index is 2.11. The molecule has 2 atom stereocenters. The van der Waals surface area contributed by atoms with E-state index < -0.39 is 18.1 Å². The first-order chi connectivity index (χ1) is 10.0. The Morgan fingerprint density at radius 2 is 1.86 bits per heavy atom. The topological polar surface area (TPSA) is 101 Å². The van der Waals surface area contributed by atoms with Gasteiger partial charge < -0.3 is 25.1 Å². The molecule has 1 saturated heterocycles. The van der Waals surface area contributed by atoms with Crippen molar-refractivity contribution in [1.82, 2.24) is 9.80 Å². The summed E-state index contributed by atoms with van der Waals surface area (Å²) in [5.41, 5.74) is 0. The van der Waals surface area contributed by atoms with Gasteiger partial charge in [0, 0.05) is 25.6 Å². The van der Waals surface area contributed by atoms with Gasteiger partial charge in [-0.3, -0.25) is 0 Å². The number of amides is 2. The van der Waals surface area contributed by atoms with Crippen molar-refractivity contribution in [2.24, 2.45) is 0 Å². The van der Waals surface area contributed by atoms with E-state index in [-0.39, 0.29) is 38.2 Å². The Morgan fingerprint density at radius 1 is 1.19 bits per heavy atom. The number of likely N-dealkylation sites (tertiary alicyclic amines) is 1. The summed E-state index contributed by atoms with van der Waals surface area (Å²) >= 11 is 0. The summed E-state index contributed by atoms with van der Waals surface area (Å²) in [6, 6.07) is -1.29. The second-order valence-electron chi connectivity index (χ2n) is 5.89. The van der Waals surface area contributed by atoms with Crippen LogP contribution in [0.4, 0.5) is 4.79 Å². The average Bonchev–Trinajstić information content (AvgIpc) is 2.87. The summed E-state index contributed by atoms with van der Waals surface area (Å²) in [6.45, 7) is 0.114. The number of carboxylic acid groups (broad SMARTS) is 1. The average molecular weight is 300 g/mol. The van der Waals surface area contributed by atoms with Crippen molar-refractivity contribution in [2.75, 3.05) is 19.7 Å². The van der Waals surface area contributed by atoms with Gasteiger partial charge in [0.15, 0.2) is 0 Å². The lowest BCUT2D eigenvalue weighted by atomic mass is 9.94. The molecule has 7 heteroatoms. The Labute approximate surface area is 124 Å². The molecule has 120 valence electrons. The van der Waals surface area contributed by atoms with E-state index in [2.05, 4.69) is 0 Å². The van der Waals surface area contributed by atoms with Crippen LogP contribution in [0.2, 0.25) is 0 Å². The van der Waals surface area contributed by atoms with E-state index >= 15 is 0 Å². The molecule has 0 spiro atoms. The van der Waals surface area contributed by atoms with Crippen molar-refractivity contribution in [3.63, 3.8) is 0 Å². The standard InChI is InChI=1S/C14H24N2O5/c17-7-6-15(10-4-2-1-3-5-10)14(21)16-9-11(18)8-12(16)13(19)20/h10-12,17-18H,1-9H2,(H,19,20)/t11-,12-/m1/s1. The lowest BCUT2D eigenvalue weighted by Gasteiger charge is -2.37. The number of rotatable bonds is 4. The largest absolute Gasteiger partial charge is 0.480 e. The molecule has 1 saturated carbocycles. The number of urea groups is 1. The molecule has 0 radical (unpaired) electrons. The number of nitrogens with zero attached hydrogens (tertiary/aromatic N) is 2. The smallest absolute Gasteiger partial charge is 0.326 e. The molecule has 3 N–H and O–H groups in total. The highest BCUT2D eigenvalue weighted by atomic mass is 16.4. The van der Waals surface area contributed by atoms with E-state index in [1.54, 1.807) is 4.90 Å². The van der Waals surface area contributed by atoms with Crippen molar-refractivity contribution < 1.29 is 24.9 Å². The summed E-state index contributed by atoms with van der Waals surface area (Å²) in [7, 11) is 0. The van der Waals surface area contributed by atoms with Crippen LogP contribution in [-0.2, 0) is 4.79 Å². The molecule has 0 bridgehead atoms. The molecule has 0 aromatic heterocycles. The molecular formula is C14H24N2O5. The highest BCUT2D eigenvalue weighted by Gasteiger charge is 2.41. The fourth-order valence-corrected chi connectivity index (χ4v) is 3.36. The maximum absolute atomic E-state index is 12.7. The van der Waals surface area contributed by atoms with Gasteiger partial charge >= 0.3 is 12.0 Å². The van der Waals surface area contributed by atoms with Crippen LogP contribution in [0.1, 0.15) is 38.5 Å². The third kappa shape index (κ3) is 3.65.